The molecule has 0 spiro atoms. The van der Waals surface area contributed by atoms with Gasteiger partial charge in [-0.2, -0.15) is 0 Å². The summed E-state index contributed by atoms with van der Waals surface area (Å²) in [5.74, 6) is 1.95. The van der Waals surface area contributed by atoms with Crippen LogP contribution in [0.25, 0.3) is 0 Å². The molecule has 2 heterocycles. The van der Waals surface area contributed by atoms with Crippen molar-refractivity contribution in [1.82, 2.24) is 10.2 Å². The average molecular weight is 352 g/mol. The number of rotatable bonds is 5. The summed E-state index contributed by atoms with van der Waals surface area (Å²) in [7, 11) is -2.86. The second kappa shape index (κ2) is 6.65. The van der Waals surface area contributed by atoms with Crippen molar-refractivity contribution in [3.8, 4) is 0 Å². The van der Waals surface area contributed by atoms with E-state index in [-0.39, 0.29) is 17.4 Å². The Morgan fingerprint density at radius 3 is 2.87 bits per heavy atom. The summed E-state index contributed by atoms with van der Waals surface area (Å²) in [6, 6.07) is 6.39. The maximum atomic E-state index is 11.5. The number of sulfone groups is 1. The van der Waals surface area contributed by atoms with Gasteiger partial charge in [-0.3, -0.25) is 0 Å². The maximum absolute atomic E-state index is 11.5. The third-order valence-electron chi connectivity index (χ3n) is 4.09. The highest BCUT2D eigenvalue weighted by Gasteiger charge is 2.29. The Morgan fingerprint density at radius 2 is 2.13 bits per heavy atom. The zero-order valence-corrected chi connectivity index (χ0v) is 14.9. The van der Waals surface area contributed by atoms with Crippen LogP contribution in [0.3, 0.4) is 0 Å². The molecule has 3 rings (SSSR count). The smallest absolute Gasteiger partial charge is 0.276 e. The van der Waals surface area contributed by atoms with E-state index in [1.54, 1.807) is 0 Å². The Bertz CT molecular complexity index is 799. The van der Waals surface area contributed by atoms with Gasteiger partial charge in [0, 0.05) is 12.2 Å². The summed E-state index contributed by atoms with van der Waals surface area (Å²) in [6.45, 7) is 4.17. The molecule has 1 aromatic carbocycles. The van der Waals surface area contributed by atoms with Gasteiger partial charge >= 0.3 is 0 Å². The minimum atomic E-state index is -2.86. The van der Waals surface area contributed by atoms with Crippen molar-refractivity contribution in [1.29, 1.82) is 0 Å². The fraction of sp³-hybridized carbons (Fsp3) is 0.500. The molecule has 1 aliphatic heterocycles. The lowest BCUT2D eigenvalue weighted by Crippen LogP contribution is -2.07. The molecule has 1 aliphatic rings. The van der Waals surface area contributed by atoms with Crippen LogP contribution in [0.5, 0.6) is 0 Å². The standard InChI is InChI=1S/C16H20N2O3S2/c1-11-3-4-12(2)14(7-11)9-22-16-18-17-15(21-16)8-13-5-6-23(19,20)10-13/h3-4,7,13H,5-6,8-10H2,1-2H3. The van der Waals surface area contributed by atoms with Crippen molar-refractivity contribution in [2.24, 2.45) is 5.92 Å². The van der Waals surface area contributed by atoms with E-state index in [0.29, 0.717) is 24.0 Å². The average Bonchev–Trinajstić information content (AvgIpc) is 3.06. The number of aryl methyl sites for hydroxylation is 2. The van der Waals surface area contributed by atoms with Crippen molar-refractivity contribution in [2.75, 3.05) is 11.5 Å². The molecule has 7 heteroatoms. The molecular weight excluding hydrogens is 332 g/mol. The van der Waals surface area contributed by atoms with E-state index in [2.05, 4.69) is 42.2 Å². The maximum Gasteiger partial charge on any atom is 0.276 e. The molecule has 1 fully saturated rings. The molecule has 2 aromatic rings. The Kier molecular flexibility index (Phi) is 4.77. The van der Waals surface area contributed by atoms with Crippen LogP contribution in [0.4, 0.5) is 0 Å². The summed E-state index contributed by atoms with van der Waals surface area (Å²) in [5.41, 5.74) is 3.75. The van der Waals surface area contributed by atoms with Gasteiger partial charge in [0.1, 0.15) is 0 Å². The third kappa shape index (κ3) is 4.35. The molecular formula is C16H20N2O3S2. The van der Waals surface area contributed by atoms with Gasteiger partial charge in [-0.1, -0.05) is 35.5 Å². The normalized spacial score (nSPS) is 20.0. The van der Waals surface area contributed by atoms with Crippen LogP contribution in [-0.4, -0.2) is 30.1 Å². The number of hydrogen-bond donors (Lipinski definition) is 0. The van der Waals surface area contributed by atoms with Crippen LogP contribution >= 0.6 is 11.8 Å². The molecule has 0 bridgehead atoms. The monoisotopic (exact) mass is 352 g/mol. The largest absolute Gasteiger partial charge is 0.416 e. The third-order valence-corrected chi connectivity index (χ3v) is 6.80. The molecule has 0 aliphatic carbocycles. The molecule has 1 aromatic heterocycles. The number of hydrogen-bond acceptors (Lipinski definition) is 6. The van der Waals surface area contributed by atoms with Crippen LogP contribution in [0, 0.1) is 19.8 Å². The fourth-order valence-electron chi connectivity index (χ4n) is 2.75. The summed E-state index contributed by atoms with van der Waals surface area (Å²) in [5, 5.41) is 8.65. The van der Waals surface area contributed by atoms with Crippen LogP contribution in [0.2, 0.25) is 0 Å². The van der Waals surface area contributed by atoms with Crippen LogP contribution in [-0.2, 0) is 22.0 Å². The van der Waals surface area contributed by atoms with Crippen molar-refractivity contribution in [3.63, 3.8) is 0 Å². The first-order chi connectivity index (χ1) is 10.9. The summed E-state index contributed by atoms with van der Waals surface area (Å²) >= 11 is 1.52. The van der Waals surface area contributed by atoms with Gasteiger partial charge in [-0.05, 0) is 37.3 Å². The van der Waals surface area contributed by atoms with E-state index < -0.39 is 9.84 Å². The zero-order valence-electron chi connectivity index (χ0n) is 13.3. The quantitative estimate of drug-likeness (QED) is 0.770. The summed E-state index contributed by atoms with van der Waals surface area (Å²) in [4.78, 5) is 0. The van der Waals surface area contributed by atoms with Crippen molar-refractivity contribution < 1.29 is 12.8 Å². The zero-order chi connectivity index (χ0) is 16.4. The van der Waals surface area contributed by atoms with Crippen molar-refractivity contribution >= 4 is 21.6 Å². The van der Waals surface area contributed by atoms with E-state index in [9.17, 15) is 8.42 Å². The number of aromatic nitrogens is 2. The molecule has 124 valence electrons. The first-order valence-corrected chi connectivity index (χ1v) is 10.4. The highest BCUT2D eigenvalue weighted by atomic mass is 32.2. The van der Waals surface area contributed by atoms with Gasteiger partial charge in [0.15, 0.2) is 9.84 Å². The SMILES string of the molecule is Cc1ccc(C)c(CSc2nnc(CC3CCS(=O)(=O)C3)o2)c1. The first kappa shape index (κ1) is 16.5. The fourth-order valence-corrected chi connectivity index (χ4v) is 5.46. The Balaban J connectivity index is 1.58. The highest BCUT2D eigenvalue weighted by molar-refractivity contribution is 7.98. The number of thioether (sulfide) groups is 1. The molecule has 0 saturated carbocycles. The van der Waals surface area contributed by atoms with Gasteiger partial charge in [0.25, 0.3) is 5.22 Å². The molecule has 1 saturated heterocycles. The number of benzene rings is 1. The lowest BCUT2D eigenvalue weighted by Gasteiger charge is -2.05. The van der Waals surface area contributed by atoms with Gasteiger partial charge in [-0.15, -0.1) is 10.2 Å². The first-order valence-electron chi connectivity index (χ1n) is 7.63. The van der Waals surface area contributed by atoms with Gasteiger partial charge in [-0.25, -0.2) is 8.42 Å². The number of nitrogens with zero attached hydrogens (tertiary/aromatic N) is 2. The lowest BCUT2D eigenvalue weighted by molar-refractivity contribution is 0.389. The molecule has 23 heavy (non-hydrogen) atoms. The van der Waals surface area contributed by atoms with E-state index in [0.717, 1.165) is 5.75 Å². The van der Waals surface area contributed by atoms with Gasteiger partial charge < -0.3 is 4.42 Å². The van der Waals surface area contributed by atoms with Gasteiger partial charge in [0.2, 0.25) is 5.89 Å². The van der Waals surface area contributed by atoms with E-state index in [4.69, 9.17) is 4.42 Å². The Hall–Kier alpha value is -1.34. The second-order valence-corrected chi connectivity index (χ2v) is 9.31. The molecule has 5 nitrogen and oxygen atoms in total. The summed E-state index contributed by atoms with van der Waals surface area (Å²) < 4.78 is 28.6. The second-order valence-electron chi connectivity index (χ2n) is 6.15. The molecule has 1 unspecified atom stereocenters. The molecule has 0 amide bonds. The predicted octanol–water partition coefficient (Wildman–Crippen LogP) is 2.96. The topological polar surface area (TPSA) is 73.1 Å². The highest BCUT2D eigenvalue weighted by Crippen LogP contribution is 2.26. The Morgan fingerprint density at radius 1 is 1.30 bits per heavy atom. The van der Waals surface area contributed by atoms with Crippen LogP contribution < -0.4 is 0 Å². The van der Waals surface area contributed by atoms with E-state index >= 15 is 0 Å². The lowest BCUT2D eigenvalue weighted by atomic mass is 10.1. The van der Waals surface area contributed by atoms with Crippen molar-refractivity contribution in [2.45, 2.75) is 37.7 Å². The Labute approximate surface area is 140 Å². The summed E-state index contributed by atoms with van der Waals surface area (Å²) in [6.07, 6.45) is 1.24. The van der Waals surface area contributed by atoms with E-state index in [1.165, 1.54) is 28.5 Å². The van der Waals surface area contributed by atoms with E-state index in [1.807, 2.05) is 0 Å². The van der Waals surface area contributed by atoms with Crippen molar-refractivity contribution in [3.05, 3.63) is 40.8 Å². The van der Waals surface area contributed by atoms with Crippen LogP contribution in [0.1, 0.15) is 29.0 Å². The minimum Gasteiger partial charge on any atom is -0.416 e. The van der Waals surface area contributed by atoms with Crippen LogP contribution in [0.15, 0.2) is 27.8 Å². The molecule has 1 atom stereocenters. The predicted molar refractivity (Wildman–Crippen MR) is 90.2 cm³/mol. The van der Waals surface area contributed by atoms with Gasteiger partial charge in [0.05, 0.1) is 11.5 Å². The molecule has 0 radical (unpaired) electrons. The molecule has 0 N–H and O–H groups in total. The minimum absolute atomic E-state index is 0.109.